The standard InChI is InChI=1S/C14H29N3O/c1-14(2,3)12(15)13(18)17(5)10-11-6-8-16(4)9-7-11/h11-12H,6-10,15H2,1-5H3. The van der Waals surface area contributed by atoms with Crippen molar-refractivity contribution in [3.8, 4) is 0 Å². The average molecular weight is 255 g/mol. The highest BCUT2D eigenvalue weighted by Crippen LogP contribution is 2.21. The molecule has 0 aromatic heterocycles. The van der Waals surface area contributed by atoms with Crippen molar-refractivity contribution in [1.82, 2.24) is 9.80 Å². The van der Waals surface area contributed by atoms with E-state index < -0.39 is 6.04 Å². The van der Waals surface area contributed by atoms with Gasteiger partial charge in [-0.15, -0.1) is 0 Å². The van der Waals surface area contributed by atoms with Crippen LogP contribution in [0.15, 0.2) is 0 Å². The van der Waals surface area contributed by atoms with Crippen LogP contribution in [0.4, 0.5) is 0 Å². The summed E-state index contributed by atoms with van der Waals surface area (Å²) in [6.45, 7) is 9.16. The highest BCUT2D eigenvalue weighted by molar-refractivity contribution is 5.82. The molecule has 1 rings (SSSR count). The van der Waals surface area contributed by atoms with Gasteiger partial charge in [-0.25, -0.2) is 0 Å². The van der Waals surface area contributed by atoms with Gasteiger partial charge in [-0.3, -0.25) is 4.79 Å². The van der Waals surface area contributed by atoms with Gasteiger partial charge >= 0.3 is 0 Å². The number of hydrogen-bond acceptors (Lipinski definition) is 3. The summed E-state index contributed by atoms with van der Waals surface area (Å²) >= 11 is 0. The Bertz CT molecular complexity index is 277. The molecule has 0 aromatic carbocycles. The fourth-order valence-electron chi connectivity index (χ4n) is 2.33. The highest BCUT2D eigenvalue weighted by Gasteiger charge is 2.30. The number of likely N-dealkylation sites (N-methyl/N-ethyl adjacent to an activating group) is 1. The van der Waals surface area contributed by atoms with Crippen molar-refractivity contribution in [3.63, 3.8) is 0 Å². The van der Waals surface area contributed by atoms with E-state index >= 15 is 0 Å². The third-order valence-electron chi connectivity index (χ3n) is 3.95. The van der Waals surface area contributed by atoms with Crippen molar-refractivity contribution in [2.24, 2.45) is 17.1 Å². The van der Waals surface area contributed by atoms with Gasteiger partial charge in [0.15, 0.2) is 0 Å². The van der Waals surface area contributed by atoms with Crippen LogP contribution in [0.25, 0.3) is 0 Å². The molecule has 1 heterocycles. The summed E-state index contributed by atoms with van der Waals surface area (Å²) in [5, 5.41) is 0. The summed E-state index contributed by atoms with van der Waals surface area (Å²) in [5.74, 6) is 0.698. The number of amides is 1. The van der Waals surface area contributed by atoms with Crippen molar-refractivity contribution in [2.45, 2.75) is 39.7 Å². The maximum Gasteiger partial charge on any atom is 0.239 e. The molecule has 106 valence electrons. The van der Waals surface area contributed by atoms with Crippen LogP contribution >= 0.6 is 0 Å². The molecule has 18 heavy (non-hydrogen) atoms. The van der Waals surface area contributed by atoms with Crippen LogP contribution in [-0.2, 0) is 4.79 Å². The van der Waals surface area contributed by atoms with Crippen LogP contribution in [0.5, 0.6) is 0 Å². The lowest BCUT2D eigenvalue weighted by Gasteiger charge is -2.34. The van der Waals surface area contributed by atoms with Gasteiger partial charge in [-0.2, -0.15) is 0 Å². The van der Waals surface area contributed by atoms with E-state index in [1.54, 1.807) is 0 Å². The third-order valence-corrected chi connectivity index (χ3v) is 3.95. The highest BCUT2D eigenvalue weighted by atomic mass is 16.2. The number of rotatable bonds is 3. The van der Waals surface area contributed by atoms with Gasteiger partial charge in [0.1, 0.15) is 0 Å². The Hall–Kier alpha value is -0.610. The van der Waals surface area contributed by atoms with Crippen LogP contribution in [0, 0.1) is 11.3 Å². The van der Waals surface area contributed by atoms with E-state index in [1.165, 1.54) is 12.8 Å². The molecule has 1 unspecified atom stereocenters. The van der Waals surface area contributed by atoms with Gasteiger partial charge in [0.05, 0.1) is 6.04 Å². The molecule has 1 atom stereocenters. The van der Waals surface area contributed by atoms with E-state index in [4.69, 9.17) is 5.73 Å². The molecule has 1 amide bonds. The number of hydrogen-bond donors (Lipinski definition) is 1. The van der Waals surface area contributed by atoms with Gasteiger partial charge in [0.2, 0.25) is 5.91 Å². The monoisotopic (exact) mass is 255 g/mol. The maximum absolute atomic E-state index is 12.2. The van der Waals surface area contributed by atoms with Gasteiger partial charge in [0, 0.05) is 13.6 Å². The molecule has 0 spiro atoms. The van der Waals surface area contributed by atoms with E-state index in [9.17, 15) is 4.79 Å². The number of carbonyl (C=O) groups excluding carboxylic acids is 1. The SMILES string of the molecule is CN1CCC(CN(C)C(=O)C(N)C(C)(C)C)CC1. The summed E-state index contributed by atoms with van der Waals surface area (Å²) < 4.78 is 0. The number of nitrogens with zero attached hydrogens (tertiary/aromatic N) is 2. The van der Waals surface area contributed by atoms with E-state index in [0.29, 0.717) is 5.92 Å². The molecule has 1 aliphatic rings. The minimum Gasteiger partial charge on any atom is -0.344 e. The Morgan fingerprint density at radius 1 is 1.39 bits per heavy atom. The van der Waals surface area contributed by atoms with Crippen molar-refractivity contribution in [2.75, 3.05) is 33.7 Å². The first-order valence-corrected chi connectivity index (χ1v) is 6.91. The zero-order valence-electron chi connectivity index (χ0n) is 12.6. The Balaban J connectivity index is 2.45. The first-order chi connectivity index (χ1) is 8.21. The van der Waals surface area contributed by atoms with Crippen molar-refractivity contribution in [1.29, 1.82) is 0 Å². The first-order valence-electron chi connectivity index (χ1n) is 6.91. The summed E-state index contributed by atoms with van der Waals surface area (Å²) in [5.41, 5.74) is 5.85. The molecule has 0 aliphatic carbocycles. The fraction of sp³-hybridized carbons (Fsp3) is 0.929. The molecule has 4 nitrogen and oxygen atoms in total. The minimum absolute atomic E-state index is 0.0708. The van der Waals surface area contributed by atoms with Crippen LogP contribution in [0.2, 0.25) is 0 Å². The largest absolute Gasteiger partial charge is 0.344 e. The van der Waals surface area contributed by atoms with E-state index in [0.717, 1.165) is 19.6 Å². The zero-order chi connectivity index (χ0) is 13.9. The Labute approximate surface area is 111 Å². The molecule has 1 aliphatic heterocycles. The topological polar surface area (TPSA) is 49.6 Å². The molecular weight excluding hydrogens is 226 g/mol. The minimum atomic E-state index is -0.409. The molecule has 2 N–H and O–H groups in total. The normalized spacial score (nSPS) is 20.8. The molecule has 0 bridgehead atoms. The number of likely N-dealkylation sites (tertiary alicyclic amines) is 1. The second-order valence-electron chi connectivity index (χ2n) is 6.81. The molecular formula is C14H29N3O. The summed E-state index contributed by atoms with van der Waals surface area (Å²) in [4.78, 5) is 16.4. The van der Waals surface area contributed by atoms with Crippen LogP contribution in [0.1, 0.15) is 33.6 Å². The number of nitrogens with two attached hydrogens (primary N) is 1. The first kappa shape index (κ1) is 15.4. The van der Waals surface area contributed by atoms with Crippen LogP contribution in [0.3, 0.4) is 0 Å². The summed E-state index contributed by atoms with van der Waals surface area (Å²) in [6.07, 6.45) is 2.36. The van der Waals surface area contributed by atoms with Crippen molar-refractivity contribution in [3.05, 3.63) is 0 Å². The van der Waals surface area contributed by atoms with Gasteiger partial charge in [-0.05, 0) is 44.3 Å². The Morgan fingerprint density at radius 3 is 2.33 bits per heavy atom. The molecule has 4 heteroatoms. The van der Waals surface area contributed by atoms with E-state index in [2.05, 4.69) is 11.9 Å². The zero-order valence-corrected chi connectivity index (χ0v) is 12.6. The number of piperidine rings is 1. The lowest BCUT2D eigenvalue weighted by atomic mass is 9.86. The average Bonchev–Trinajstić information content (AvgIpc) is 2.29. The summed E-state index contributed by atoms with van der Waals surface area (Å²) in [7, 11) is 4.03. The molecule has 0 aromatic rings. The second kappa shape index (κ2) is 6.02. The van der Waals surface area contributed by atoms with E-state index in [-0.39, 0.29) is 11.3 Å². The molecule has 1 fully saturated rings. The van der Waals surface area contributed by atoms with Gasteiger partial charge < -0.3 is 15.5 Å². The van der Waals surface area contributed by atoms with Gasteiger partial charge in [-0.1, -0.05) is 20.8 Å². The predicted octanol–water partition coefficient (Wildman–Crippen LogP) is 1.16. The quantitative estimate of drug-likeness (QED) is 0.823. The second-order valence-corrected chi connectivity index (χ2v) is 6.81. The third kappa shape index (κ3) is 4.25. The maximum atomic E-state index is 12.2. The Morgan fingerprint density at radius 2 is 1.89 bits per heavy atom. The smallest absolute Gasteiger partial charge is 0.239 e. The Kier molecular flexibility index (Phi) is 5.17. The van der Waals surface area contributed by atoms with E-state index in [1.807, 2.05) is 32.7 Å². The number of carbonyl (C=O) groups is 1. The molecule has 1 saturated heterocycles. The van der Waals surface area contributed by atoms with Gasteiger partial charge in [0.25, 0.3) is 0 Å². The predicted molar refractivity (Wildman–Crippen MR) is 75.3 cm³/mol. The lowest BCUT2D eigenvalue weighted by molar-refractivity contribution is -0.134. The van der Waals surface area contributed by atoms with Crippen molar-refractivity contribution >= 4 is 5.91 Å². The summed E-state index contributed by atoms with van der Waals surface area (Å²) in [6, 6.07) is -0.409. The van der Waals surface area contributed by atoms with Crippen LogP contribution in [-0.4, -0.2) is 55.5 Å². The van der Waals surface area contributed by atoms with Crippen LogP contribution < -0.4 is 5.73 Å². The fourth-order valence-corrected chi connectivity index (χ4v) is 2.33. The van der Waals surface area contributed by atoms with Crippen molar-refractivity contribution < 1.29 is 4.79 Å². The lowest BCUT2D eigenvalue weighted by Crippen LogP contribution is -2.50. The molecule has 0 radical (unpaired) electrons. The molecule has 0 saturated carbocycles.